The molecule has 0 aromatic heterocycles. The zero-order valence-corrected chi connectivity index (χ0v) is 10.6. The van der Waals surface area contributed by atoms with Gasteiger partial charge in [0.25, 0.3) is 0 Å². The Morgan fingerprint density at radius 1 is 1.57 bits per heavy atom. The SMILES string of the molecule is CCC1CCCC(NC(=O)C(C)Br)C1. The predicted octanol–water partition coefficient (Wildman–Crippen LogP) is 2.85. The van der Waals surface area contributed by atoms with Gasteiger partial charge < -0.3 is 5.32 Å². The van der Waals surface area contributed by atoms with Crippen LogP contribution in [-0.2, 0) is 4.79 Å². The maximum atomic E-state index is 11.4. The van der Waals surface area contributed by atoms with Crippen LogP contribution in [0.1, 0.15) is 46.0 Å². The smallest absolute Gasteiger partial charge is 0.233 e. The van der Waals surface area contributed by atoms with E-state index in [2.05, 4.69) is 28.2 Å². The molecule has 1 amide bonds. The molecule has 82 valence electrons. The molecule has 0 heterocycles. The maximum Gasteiger partial charge on any atom is 0.233 e. The molecular weight excluding hydrogens is 242 g/mol. The molecular formula is C11H20BrNO. The minimum atomic E-state index is -0.0653. The second-order valence-corrected chi connectivity index (χ2v) is 5.64. The number of carbonyl (C=O) groups is 1. The lowest BCUT2D eigenvalue weighted by molar-refractivity contribution is -0.121. The highest BCUT2D eigenvalue weighted by molar-refractivity contribution is 9.10. The molecule has 3 unspecified atom stereocenters. The molecule has 1 saturated carbocycles. The minimum absolute atomic E-state index is 0.0653. The fraction of sp³-hybridized carbons (Fsp3) is 0.909. The predicted molar refractivity (Wildman–Crippen MR) is 62.6 cm³/mol. The summed E-state index contributed by atoms with van der Waals surface area (Å²) in [6.45, 7) is 4.11. The number of nitrogens with one attached hydrogen (secondary N) is 1. The Balaban J connectivity index is 2.34. The Labute approximate surface area is 95.0 Å². The molecule has 14 heavy (non-hydrogen) atoms. The first-order valence-electron chi connectivity index (χ1n) is 5.58. The van der Waals surface area contributed by atoms with Crippen molar-refractivity contribution >= 4 is 21.8 Å². The van der Waals surface area contributed by atoms with Crippen LogP contribution in [-0.4, -0.2) is 16.8 Å². The average Bonchev–Trinajstić information content (AvgIpc) is 2.18. The van der Waals surface area contributed by atoms with Crippen molar-refractivity contribution in [1.82, 2.24) is 5.32 Å². The molecule has 0 aromatic carbocycles. The summed E-state index contributed by atoms with van der Waals surface area (Å²) < 4.78 is 0. The Hall–Kier alpha value is -0.0500. The first-order chi connectivity index (χ1) is 6.63. The third-order valence-corrected chi connectivity index (χ3v) is 3.48. The van der Waals surface area contributed by atoms with Gasteiger partial charge in [-0.3, -0.25) is 4.79 Å². The number of carbonyl (C=O) groups excluding carboxylic acids is 1. The minimum Gasteiger partial charge on any atom is -0.352 e. The molecule has 2 nitrogen and oxygen atoms in total. The maximum absolute atomic E-state index is 11.4. The number of rotatable bonds is 3. The van der Waals surface area contributed by atoms with Gasteiger partial charge in [0, 0.05) is 6.04 Å². The van der Waals surface area contributed by atoms with Gasteiger partial charge in [0.15, 0.2) is 0 Å². The van der Waals surface area contributed by atoms with E-state index in [9.17, 15) is 4.79 Å². The molecule has 1 rings (SSSR count). The summed E-state index contributed by atoms with van der Waals surface area (Å²) in [5.41, 5.74) is 0. The Kier molecular flexibility index (Phi) is 4.93. The van der Waals surface area contributed by atoms with Gasteiger partial charge in [-0.05, 0) is 25.7 Å². The summed E-state index contributed by atoms with van der Waals surface area (Å²) in [6.07, 6.45) is 6.17. The fourth-order valence-corrected chi connectivity index (χ4v) is 2.24. The number of halogens is 1. The summed E-state index contributed by atoms with van der Waals surface area (Å²) >= 11 is 3.29. The Morgan fingerprint density at radius 2 is 2.29 bits per heavy atom. The van der Waals surface area contributed by atoms with Crippen molar-refractivity contribution in [1.29, 1.82) is 0 Å². The Bertz CT molecular complexity index is 194. The van der Waals surface area contributed by atoms with E-state index in [0.717, 1.165) is 12.3 Å². The highest BCUT2D eigenvalue weighted by atomic mass is 79.9. The van der Waals surface area contributed by atoms with Crippen LogP contribution in [0.15, 0.2) is 0 Å². The molecule has 0 aromatic rings. The first-order valence-corrected chi connectivity index (χ1v) is 6.49. The summed E-state index contributed by atoms with van der Waals surface area (Å²) in [5, 5.41) is 3.10. The van der Waals surface area contributed by atoms with Crippen molar-refractivity contribution in [3.8, 4) is 0 Å². The van der Waals surface area contributed by atoms with Gasteiger partial charge in [-0.2, -0.15) is 0 Å². The average molecular weight is 262 g/mol. The molecule has 0 bridgehead atoms. The Morgan fingerprint density at radius 3 is 2.86 bits per heavy atom. The molecule has 1 aliphatic rings. The summed E-state index contributed by atoms with van der Waals surface area (Å²) in [4.78, 5) is 11.4. The topological polar surface area (TPSA) is 29.1 Å². The molecule has 1 fully saturated rings. The van der Waals surface area contributed by atoms with Crippen molar-refractivity contribution in [3.63, 3.8) is 0 Å². The van der Waals surface area contributed by atoms with Crippen molar-refractivity contribution in [2.75, 3.05) is 0 Å². The standard InChI is InChI=1S/C11H20BrNO/c1-3-9-5-4-6-10(7-9)13-11(14)8(2)12/h8-10H,3-7H2,1-2H3,(H,13,14). The van der Waals surface area contributed by atoms with Crippen LogP contribution < -0.4 is 5.32 Å². The quantitative estimate of drug-likeness (QED) is 0.778. The van der Waals surface area contributed by atoms with Crippen LogP contribution in [0.5, 0.6) is 0 Å². The van der Waals surface area contributed by atoms with Crippen LogP contribution in [0.4, 0.5) is 0 Å². The lowest BCUT2D eigenvalue weighted by Crippen LogP contribution is -2.41. The number of amides is 1. The van der Waals surface area contributed by atoms with E-state index in [1.54, 1.807) is 0 Å². The van der Waals surface area contributed by atoms with E-state index in [4.69, 9.17) is 0 Å². The van der Waals surface area contributed by atoms with Crippen LogP contribution in [0.25, 0.3) is 0 Å². The first kappa shape index (κ1) is 12.0. The van der Waals surface area contributed by atoms with E-state index in [0.29, 0.717) is 6.04 Å². The van der Waals surface area contributed by atoms with Crippen molar-refractivity contribution < 1.29 is 4.79 Å². The molecule has 1 aliphatic carbocycles. The zero-order chi connectivity index (χ0) is 10.6. The third-order valence-electron chi connectivity index (χ3n) is 3.07. The zero-order valence-electron chi connectivity index (χ0n) is 9.05. The largest absolute Gasteiger partial charge is 0.352 e. The van der Waals surface area contributed by atoms with Crippen LogP contribution >= 0.6 is 15.9 Å². The molecule has 0 radical (unpaired) electrons. The van der Waals surface area contributed by atoms with E-state index in [-0.39, 0.29) is 10.7 Å². The number of alkyl halides is 1. The van der Waals surface area contributed by atoms with Gasteiger partial charge >= 0.3 is 0 Å². The monoisotopic (exact) mass is 261 g/mol. The third kappa shape index (κ3) is 3.60. The van der Waals surface area contributed by atoms with E-state index in [1.807, 2.05) is 6.92 Å². The second kappa shape index (κ2) is 5.74. The number of hydrogen-bond donors (Lipinski definition) is 1. The van der Waals surface area contributed by atoms with E-state index >= 15 is 0 Å². The van der Waals surface area contributed by atoms with E-state index < -0.39 is 0 Å². The summed E-state index contributed by atoms with van der Waals surface area (Å²) in [6, 6.07) is 0.418. The molecule has 3 atom stereocenters. The van der Waals surface area contributed by atoms with Crippen LogP contribution in [0.3, 0.4) is 0 Å². The highest BCUT2D eigenvalue weighted by Crippen LogP contribution is 2.26. The van der Waals surface area contributed by atoms with Gasteiger partial charge in [-0.1, -0.05) is 42.1 Å². The lowest BCUT2D eigenvalue weighted by Gasteiger charge is -2.29. The van der Waals surface area contributed by atoms with Crippen molar-refractivity contribution in [3.05, 3.63) is 0 Å². The van der Waals surface area contributed by atoms with E-state index in [1.165, 1.54) is 25.7 Å². The normalized spacial score (nSPS) is 29.6. The van der Waals surface area contributed by atoms with Crippen LogP contribution in [0.2, 0.25) is 0 Å². The molecule has 0 aliphatic heterocycles. The van der Waals surface area contributed by atoms with Crippen molar-refractivity contribution in [2.24, 2.45) is 5.92 Å². The molecule has 3 heteroatoms. The summed E-state index contributed by atoms with van der Waals surface area (Å²) in [7, 11) is 0. The molecule has 0 saturated heterocycles. The fourth-order valence-electron chi connectivity index (χ4n) is 2.11. The van der Waals surface area contributed by atoms with Gasteiger partial charge in [0.05, 0.1) is 4.83 Å². The van der Waals surface area contributed by atoms with Gasteiger partial charge in [-0.25, -0.2) is 0 Å². The molecule has 0 spiro atoms. The van der Waals surface area contributed by atoms with Crippen LogP contribution in [0, 0.1) is 5.92 Å². The van der Waals surface area contributed by atoms with Crippen molar-refractivity contribution in [2.45, 2.75) is 56.8 Å². The number of hydrogen-bond acceptors (Lipinski definition) is 1. The highest BCUT2D eigenvalue weighted by Gasteiger charge is 2.22. The lowest BCUT2D eigenvalue weighted by atomic mass is 9.84. The molecule has 1 N–H and O–H groups in total. The van der Waals surface area contributed by atoms with Gasteiger partial charge in [0.2, 0.25) is 5.91 Å². The second-order valence-electron chi connectivity index (χ2n) is 4.26. The van der Waals surface area contributed by atoms with Gasteiger partial charge in [0.1, 0.15) is 0 Å². The summed E-state index contributed by atoms with van der Waals surface area (Å²) in [5.74, 6) is 0.950. The van der Waals surface area contributed by atoms with Gasteiger partial charge in [-0.15, -0.1) is 0 Å².